The fraction of sp³-hybridized carbons (Fsp3) is 0.379. The molecule has 3 amide bonds. The van der Waals surface area contributed by atoms with Gasteiger partial charge in [0.25, 0.3) is 0 Å². The van der Waals surface area contributed by atoms with Gasteiger partial charge < -0.3 is 33.7 Å². The molecule has 0 aliphatic heterocycles. The summed E-state index contributed by atoms with van der Waals surface area (Å²) in [4.78, 5) is 29.8. The zero-order valence-electron chi connectivity index (χ0n) is 22.8. The lowest BCUT2D eigenvalue weighted by atomic mass is 10.1. The molecule has 0 radical (unpaired) electrons. The van der Waals surface area contributed by atoms with Crippen molar-refractivity contribution < 1.29 is 28.2 Å². The molecule has 0 atom stereocenters. The summed E-state index contributed by atoms with van der Waals surface area (Å²) in [7, 11) is 4.74. The molecule has 3 rings (SSSR count). The van der Waals surface area contributed by atoms with Crippen LogP contribution in [0.3, 0.4) is 0 Å². The number of hydrogen-bond donors (Lipinski definition) is 1. The van der Waals surface area contributed by atoms with E-state index < -0.39 is 0 Å². The third-order valence-electron chi connectivity index (χ3n) is 6.10. The van der Waals surface area contributed by atoms with Crippen LogP contribution in [0.2, 0.25) is 0 Å². The molecule has 1 N–H and O–H groups in total. The van der Waals surface area contributed by atoms with E-state index in [0.29, 0.717) is 42.5 Å². The Hall–Kier alpha value is -3.98. The number of methoxy groups -OCH3 is 3. The lowest BCUT2D eigenvalue weighted by Gasteiger charge is -2.27. The molecule has 0 aliphatic rings. The Morgan fingerprint density at radius 3 is 2.24 bits per heavy atom. The fourth-order valence-corrected chi connectivity index (χ4v) is 3.91. The van der Waals surface area contributed by atoms with Gasteiger partial charge in [-0.15, -0.1) is 0 Å². The van der Waals surface area contributed by atoms with Crippen molar-refractivity contribution in [3.8, 4) is 11.5 Å². The van der Waals surface area contributed by atoms with E-state index in [9.17, 15) is 9.59 Å². The largest absolute Gasteiger partial charge is 0.493 e. The van der Waals surface area contributed by atoms with E-state index in [0.717, 1.165) is 16.9 Å². The van der Waals surface area contributed by atoms with E-state index in [-0.39, 0.29) is 31.6 Å². The molecule has 9 heteroatoms. The Balaban J connectivity index is 1.75. The zero-order valence-corrected chi connectivity index (χ0v) is 22.8. The van der Waals surface area contributed by atoms with E-state index in [1.165, 1.54) is 4.90 Å². The Morgan fingerprint density at radius 1 is 0.868 bits per heavy atom. The normalized spacial score (nSPS) is 10.7. The van der Waals surface area contributed by atoms with Gasteiger partial charge in [0.2, 0.25) is 5.91 Å². The number of nitrogens with zero attached hydrogens (tertiary/aromatic N) is 2. The summed E-state index contributed by atoms with van der Waals surface area (Å²) in [6.07, 6.45) is 0.583. The number of ether oxygens (including phenoxy) is 3. The number of furan rings is 1. The van der Waals surface area contributed by atoms with Crippen molar-refractivity contribution in [3.63, 3.8) is 0 Å². The summed E-state index contributed by atoms with van der Waals surface area (Å²) in [5, 5.41) is 2.87. The zero-order chi connectivity index (χ0) is 27.5. The molecule has 0 fully saturated rings. The summed E-state index contributed by atoms with van der Waals surface area (Å²) in [5.41, 5.74) is 2.74. The minimum atomic E-state index is -0.368. The maximum atomic E-state index is 13.6. The molecule has 0 spiro atoms. The molecule has 0 saturated carbocycles. The summed E-state index contributed by atoms with van der Waals surface area (Å²) in [6.45, 7) is 5.02. The predicted octanol–water partition coefficient (Wildman–Crippen LogP) is 4.67. The number of anilines is 1. The number of nitrogens with one attached hydrogen (secondary N) is 1. The van der Waals surface area contributed by atoms with Gasteiger partial charge in [0, 0.05) is 25.9 Å². The van der Waals surface area contributed by atoms with Crippen molar-refractivity contribution >= 4 is 17.6 Å². The van der Waals surface area contributed by atoms with Gasteiger partial charge >= 0.3 is 6.03 Å². The standard InChI is InChI=1S/C29H37N3O6/c1-21-6-10-24(11-7-21)30-29(34)32(16-17-35-3)20-28(33)31(19-25-12-8-22(2)38-25)15-14-23-9-13-26(36-4)27(18-23)37-5/h6-13,18H,14-17,19-20H2,1-5H3,(H,30,34). The van der Waals surface area contributed by atoms with E-state index in [2.05, 4.69) is 5.32 Å². The van der Waals surface area contributed by atoms with Gasteiger partial charge in [-0.05, 0) is 62.2 Å². The topological polar surface area (TPSA) is 93.5 Å². The average Bonchev–Trinajstić information content (AvgIpc) is 3.34. The van der Waals surface area contributed by atoms with Crippen LogP contribution in [-0.4, -0.2) is 69.3 Å². The molecular formula is C29H37N3O6. The SMILES string of the molecule is COCCN(CC(=O)N(CCc1ccc(OC)c(OC)c1)Cc1ccc(C)o1)C(=O)Nc1ccc(C)cc1. The highest BCUT2D eigenvalue weighted by atomic mass is 16.5. The van der Waals surface area contributed by atoms with E-state index in [1.807, 2.05) is 68.4 Å². The quantitative estimate of drug-likeness (QED) is 0.350. The number of carbonyl (C=O) groups excluding carboxylic acids is 2. The summed E-state index contributed by atoms with van der Waals surface area (Å²) in [5.74, 6) is 2.52. The van der Waals surface area contributed by atoms with Crippen LogP contribution >= 0.6 is 0 Å². The number of hydrogen-bond acceptors (Lipinski definition) is 6. The van der Waals surface area contributed by atoms with Crippen LogP contribution in [0.25, 0.3) is 0 Å². The van der Waals surface area contributed by atoms with Crippen molar-refractivity contribution in [3.05, 3.63) is 77.2 Å². The number of benzene rings is 2. The van der Waals surface area contributed by atoms with Gasteiger partial charge in [0.1, 0.15) is 18.1 Å². The molecule has 204 valence electrons. The van der Waals surface area contributed by atoms with Gasteiger partial charge in [0.15, 0.2) is 11.5 Å². The Bertz CT molecular complexity index is 1190. The second-order valence-electron chi connectivity index (χ2n) is 8.98. The fourth-order valence-electron chi connectivity index (χ4n) is 3.91. The van der Waals surface area contributed by atoms with E-state index in [4.69, 9.17) is 18.6 Å². The van der Waals surface area contributed by atoms with Gasteiger partial charge in [-0.25, -0.2) is 4.79 Å². The molecule has 2 aromatic carbocycles. The summed E-state index contributed by atoms with van der Waals surface area (Å²) < 4.78 is 21.7. The Labute approximate surface area is 224 Å². The van der Waals surface area contributed by atoms with Crippen LogP contribution in [0.1, 0.15) is 22.6 Å². The lowest BCUT2D eigenvalue weighted by molar-refractivity contribution is -0.132. The van der Waals surface area contributed by atoms with Crippen molar-refractivity contribution in [2.75, 3.05) is 52.9 Å². The minimum absolute atomic E-state index is 0.104. The first-order valence-electron chi connectivity index (χ1n) is 12.5. The first-order chi connectivity index (χ1) is 18.3. The number of carbonyl (C=O) groups is 2. The molecular weight excluding hydrogens is 486 g/mol. The van der Waals surface area contributed by atoms with E-state index in [1.54, 1.807) is 26.2 Å². The number of aryl methyl sites for hydroxylation is 2. The van der Waals surface area contributed by atoms with Crippen molar-refractivity contribution in [1.82, 2.24) is 9.80 Å². The Morgan fingerprint density at radius 2 is 1.61 bits per heavy atom. The molecule has 0 saturated heterocycles. The van der Waals surface area contributed by atoms with Crippen LogP contribution in [0, 0.1) is 13.8 Å². The van der Waals surface area contributed by atoms with Crippen LogP contribution in [0.5, 0.6) is 11.5 Å². The highest BCUT2D eigenvalue weighted by Gasteiger charge is 2.23. The maximum absolute atomic E-state index is 13.6. The van der Waals surface area contributed by atoms with Crippen LogP contribution in [0.4, 0.5) is 10.5 Å². The average molecular weight is 524 g/mol. The second-order valence-corrected chi connectivity index (χ2v) is 8.98. The first kappa shape index (κ1) is 28.6. The molecule has 3 aromatic rings. The molecule has 38 heavy (non-hydrogen) atoms. The predicted molar refractivity (Wildman–Crippen MR) is 146 cm³/mol. The van der Waals surface area contributed by atoms with Gasteiger partial charge in [0.05, 0.1) is 27.4 Å². The van der Waals surface area contributed by atoms with Gasteiger partial charge in [-0.1, -0.05) is 23.8 Å². The highest BCUT2D eigenvalue weighted by molar-refractivity contribution is 5.92. The molecule has 0 bridgehead atoms. The molecule has 1 aromatic heterocycles. The summed E-state index contributed by atoms with van der Waals surface area (Å²) in [6, 6.07) is 16.6. The smallest absolute Gasteiger partial charge is 0.322 e. The van der Waals surface area contributed by atoms with Crippen LogP contribution in [-0.2, 0) is 22.5 Å². The third-order valence-corrected chi connectivity index (χ3v) is 6.10. The minimum Gasteiger partial charge on any atom is -0.493 e. The second kappa shape index (κ2) is 14.1. The van der Waals surface area contributed by atoms with Crippen molar-refractivity contribution in [2.24, 2.45) is 0 Å². The molecule has 0 unspecified atom stereocenters. The number of rotatable bonds is 13. The molecule has 9 nitrogen and oxygen atoms in total. The molecule has 0 aliphatic carbocycles. The summed E-state index contributed by atoms with van der Waals surface area (Å²) >= 11 is 0. The monoisotopic (exact) mass is 523 g/mol. The van der Waals surface area contributed by atoms with Crippen molar-refractivity contribution in [1.29, 1.82) is 0 Å². The molecule has 1 heterocycles. The highest BCUT2D eigenvalue weighted by Crippen LogP contribution is 2.28. The third kappa shape index (κ3) is 8.27. The first-order valence-corrected chi connectivity index (χ1v) is 12.5. The van der Waals surface area contributed by atoms with Crippen LogP contribution < -0.4 is 14.8 Å². The maximum Gasteiger partial charge on any atom is 0.322 e. The number of amides is 3. The van der Waals surface area contributed by atoms with Gasteiger partial charge in [-0.2, -0.15) is 0 Å². The van der Waals surface area contributed by atoms with Gasteiger partial charge in [-0.3, -0.25) is 4.79 Å². The number of urea groups is 1. The Kier molecular flexibility index (Phi) is 10.6. The van der Waals surface area contributed by atoms with Crippen LogP contribution in [0.15, 0.2) is 59.0 Å². The van der Waals surface area contributed by atoms with Crippen molar-refractivity contribution in [2.45, 2.75) is 26.8 Å². The van der Waals surface area contributed by atoms with E-state index >= 15 is 0 Å². The lowest BCUT2D eigenvalue weighted by Crippen LogP contribution is -2.46.